The first kappa shape index (κ1) is 11.1. The van der Waals surface area contributed by atoms with Gasteiger partial charge in [-0.05, 0) is 17.7 Å². The highest BCUT2D eigenvalue weighted by molar-refractivity contribution is 7.98. The maximum atomic E-state index is 9.14. The first-order chi connectivity index (χ1) is 7.86. The van der Waals surface area contributed by atoms with Crippen molar-refractivity contribution in [3.05, 3.63) is 41.7 Å². The molecular weight excluding hydrogens is 220 g/mol. The summed E-state index contributed by atoms with van der Waals surface area (Å²) in [6.07, 6.45) is 3.93. The van der Waals surface area contributed by atoms with E-state index in [0.29, 0.717) is 5.75 Å². The van der Waals surface area contributed by atoms with E-state index in [1.807, 2.05) is 35.0 Å². The van der Waals surface area contributed by atoms with E-state index < -0.39 is 0 Å². The van der Waals surface area contributed by atoms with E-state index in [4.69, 9.17) is 10.4 Å². The number of fused-ring (bicyclic) bond motifs is 1. The van der Waals surface area contributed by atoms with Crippen LogP contribution in [-0.4, -0.2) is 21.9 Å². The van der Waals surface area contributed by atoms with Gasteiger partial charge in [-0.1, -0.05) is 6.07 Å². The average Bonchev–Trinajstić information content (AvgIpc) is 2.67. The summed E-state index contributed by atoms with van der Waals surface area (Å²) in [5, 5.41) is 17.9. The van der Waals surface area contributed by atoms with E-state index in [9.17, 15) is 0 Å². The van der Waals surface area contributed by atoms with Gasteiger partial charge in [0.2, 0.25) is 0 Å². The minimum absolute atomic E-state index is 0.180. The summed E-state index contributed by atoms with van der Waals surface area (Å²) < 4.78 is 1.97. The zero-order chi connectivity index (χ0) is 11.4. The van der Waals surface area contributed by atoms with Crippen LogP contribution in [0, 0.1) is 11.3 Å². The summed E-state index contributed by atoms with van der Waals surface area (Å²) >= 11 is 1.64. The highest BCUT2D eigenvalue weighted by Crippen LogP contribution is 2.21. The van der Waals surface area contributed by atoms with Crippen LogP contribution < -0.4 is 0 Å². The lowest BCUT2D eigenvalue weighted by atomic mass is 10.2. The fourth-order valence-corrected chi connectivity index (χ4v) is 2.37. The number of nitriles is 1. The third-order valence-electron chi connectivity index (χ3n) is 2.37. The number of thioether (sulfide) groups is 1. The Morgan fingerprint density at radius 3 is 3.06 bits per heavy atom. The van der Waals surface area contributed by atoms with Gasteiger partial charge in [-0.25, -0.2) is 0 Å². The van der Waals surface area contributed by atoms with Crippen molar-refractivity contribution in [1.29, 1.82) is 5.26 Å². The SMILES string of the molecule is N#Cc1c(CSCCO)cn2ccccc12. The quantitative estimate of drug-likeness (QED) is 0.821. The molecule has 2 aromatic heterocycles. The van der Waals surface area contributed by atoms with Crippen molar-refractivity contribution in [2.45, 2.75) is 5.75 Å². The van der Waals surface area contributed by atoms with Crippen molar-refractivity contribution >= 4 is 17.3 Å². The van der Waals surface area contributed by atoms with E-state index in [1.54, 1.807) is 11.8 Å². The molecule has 0 atom stereocenters. The van der Waals surface area contributed by atoms with E-state index in [2.05, 4.69) is 6.07 Å². The lowest BCUT2D eigenvalue weighted by Gasteiger charge is -1.96. The number of hydrogen-bond acceptors (Lipinski definition) is 3. The van der Waals surface area contributed by atoms with Crippen LogP contribution in [-0.2, 0) is 5.75 Å². The van der Waals surface area contributed by atoms with Crippen LogP contribution in [0.4, 0.5) is 0 Å². The molecule has 0 spiro atoms. The van der Waals surface area contributed by atoms with Gasteiger partial charge in [0.05, 0.1) is 17.7 Å². The van der Waals surface area contributed by atoms with Gasteiger partial charge in [0.1, 0.15) is 6.07 Å². The van der Waals surface area contributed by atoms with Crippen molar-refractivity contribution < 1.29 is 5.11 Å². The largest absolute Gasteiger partial charge is 0.396 e. The lowest BCUT2D eigenvalue weighted by Crippen LogP contribution is -1.88. The molecule has 2 rings (SSSR count). The molecule has 82 valence electrons. The summed E-state index contributed by atoms with van der Waals surface area (Å²) in [5.41, 5.74) is 2.72. The zero-order valence-corrected chi connectivity index (χ0v) is 9.57. The van der Waals surface area contributed by atoms with Crippen LogP contribution in [0.3, 0.4) is 0 Å². The Hall–Kier alpha value is -1.44. The summed E-state index contributed by atoms with van der Waals surface area (Å²) in [6.45, 7) is 0.180. The summed E-state index contributed by atoms with van der Waals surface area (Å²) in [7, 11) is 0. The molecule has 1 N–H and O–H groups in total. The van der Waals surface area contributed by atoms with Gasteiger partial charge < -0.3 is 9.51 Å². The topological polar surface area (TPSA) is 48.4 Å². The molecule has 0 aliphatic carbocycles. The second-order valence-electron chi connectivity index (χ2n) is 3.41. The van der Waals surface area contributed by atoms with Crippen LogP contribution in [0.2, 0.25) is 0 Å². The van der Waals surface area contributed by atoms with Crippen LogP contribution in [0.5, 0.6) is 0 Å². The molecular formula is C12H12N2OS. The molecule has 0 saturated carbocycles. The van der Waals surface area contributed by atoms with Gasteiger partial charge in [0, 0.05) is 23.9 Å². The van der Waals surface area contributed by atoms with Gasteiger partial charge >= 0.3 is 0 Å². The summed E-state index contributed by atoms with van der Waals surface area (Å²) in [6, 6.07) is 8.07. The first-order valence-electron chi connectivity index (χ1n) is 5.04. The van der Waals surface area contributed by atoms with Crippen molar-refractivity contribution in [2.24, 2.45) is 0 Å². The number of hydrogen-bond donors (Lipinski definition) is 1. The molecule has 3 nitrogen and oxygen atoms in total. The predicted octanol–water partition coefficient (Wildman–Crippen LogP) is 2.04. The fourth-order valence-electron chi connectivity index (χ4n) is 1.66. The maximum absolute atomic E-state index is 9.14. The number of rotatable bonds is 4. The number of nitrogens with zero attached hydrogens (tertiary/aromatic N) is 2. The Morgan fingerprint density at radius 1 is 1.44 bits per heavy atom. The fraction of sp³-hybridized carbons (Fsp3) is 0.250. The van der Waals surface area contributed by atoms with Crippen LogP contribution in [0.1, 0.15) is 11.1 Å². The number of pyridine rings is 1. The Morgan fingerprint density at radius 2 is 2.31 bits per heavy atom. The average molecular weight is 232 g/mol. The Labute approximate surface area is 98.3 Å². The summed E-state index contributed by atoms with van der Waals surface area (Å²) in [4.78, 5) is 0. The van der Waals surface area contributed by atoms with Gasteiger partial charge in [0.25, 0.3) is 0 Å². The zero-order valence-electron chi connectivity index (χ0n) is 8.76. The second kappa shape index (κ2) is 5.06. The molecule has 4 heteroatoms. The molecule has 16 heavy (non-hydrogen) atoms. The monoisotopic (exact) mass is 232 g/mol. The number of aromatic nitrogens is 1. The third kappa shape index (κ3) is 2.06. The molecule has 0 aliphatic rings. The first-order valence-corrected chi connectivity index (χ1v) is 6.19. The smallest absolute Gasteiger partial charge is 0.102 e. The predicted molar refractivity (Wildman–Crippen MR) is 65.4 cm³/mol. The van der Waals surface area contributed by atoms with Crippen LogP contribution in [0.25, 0.3) is 5.52 Å². The highest BCUT2D eigenvalue weighted by Gasteiger charge is 2.09. The van der Waals surface area contributed by atoms with E-state index in [0.717, 1.165) is 22.4 Å². The molecule has 0 aliphatic heterocycles. The lowest BCUT2D eigenvalue weighted by molar-refractivity contribution is 0.322. The van der Waals surface area contributed by atoms with Crippen molar-refractivity contribution in [3.8, 4) is 6.07 Å². The van der Waals surface area contributed by atoms with Gasteiger partial charge in [0.15, 0.2) is 0 Å². The van der Waals surface area contributed by atoms with E-state index in [1.165, 1.54) is 0 Å². The van der Waals surface area contributed by atoms with Crippen molar-refractivity contribution in [1.82, 2.24) is 4.40 Å². The standard InChI is InChI=1S/C12H12N2OS/c13-7-11-10(9-16-6-5-15)8-14-4-2-1-3-12(11)14/h1-4,8,15H,5-6,9H2. The highest BCUT2D eigenvalue weighted by atomic mass is 32.2. The summed E-state index contributed by atoms with van der Waals surface area (Å²) in [5.74, 6) is 1.47. The number of aliphatic hydroxyl groups is 1. The molecule has 0 unspecified atom stereocenters. The minimum Gasteiger partial charge on any atom is -0.396 e. The van der Waals surface area contributed by atoms with E-state index in [-0.39, 0.29) is 6.61 Å². The normalized spacial score (nSPS) is 10.5. The molecule has 0 fully saturated rings. The second-order valence-corrected chi connectivity index (χ2v) is 4.52. The minimum atomic E-state index is 0.180. The maximum Gasteiger partial charge on any atom is 0.102 e. The molecule has 0 saturated heterocycles. The molecule has 0 amide bonds. The Kier molecular flexibility index (Phi) is 3.50. The Balaban J connectivity index is 2.34. The molecule has 0 aromatic carbocycles. The van der Waals surface area contributed by atoms with Gasteiger partial charge in [-0.3, -0.25) is 0 Å². The van der Waals surface area contributed by atoms with Crippen LogP contribution in [0.15, 0.2) is 30.6 Å². The number of aliphatic hydroxyl groups excluding tert-OH is 1. The molecule has 2 heterocycles. The van der Waals surface area contributed by atoms with Crippen molar-refractivity contribution in [2.75, 3.05) is 12.4 Å². The molecule has 2 aromatic rings. The third-order valence-corrected chi connectivity index (χ3v) is 3.35. The molecule has 0 bridgehead atoms. The van der Waals surface area contributed by atoms with Crippen molar-refractivity contribution in [3.63, 3.8) is 0 Å². The molecule has 0 radical (unpaired) electrons. The van der Waals surface area contributed by atoms with Gasteiger partial charge in [-0.2, -0.15) is 17.0 Å². The van der Waals surface area contributed by atoms with E-state index >= 15 is 0 Å². The van der Waals surface area contributed by atoms with Crippen LogP contribution >= 0.6 is 11.8 Å². The Bertz CT molecular complexity index is 527. The van der Waals surface area contributed by atoms with Gasteiger partial charge in [-0.15, -0.1) is 0 Å².